The molecule has 0 aliphatic rings. The molecule has 0 fully saturated rings. The molecule has 1 N–H and O–H groups in total. The molecule has 0 saturated carbocycles. The largest absolute Gasteiger partial charge is 0.267 e. The van der Waals surface area contributed by atoms with Crippen LogP contribution in [-0.4, -0.2) is 34.3 Å². The van der Waals surface area contributed by atoms with Crippen LogP contribution in [0.5, 0.6) is 0 Å². The number of aryl methyl sites for hydroxylation is 2. The molecule has 0 aliphatic heterocycles. The molecule has 7 nitrogen and oxygen atoms in total. The van der Waals surface area contributed by atoms with Crippen LogP contribution in [-0.2, 0) is 6.54 Å². The Hall–Kier alpha value is -3.00. The second kappa shape index (κ2) is 6.96. The lowest BCUT2D eigenvalue weighted by Gasteiger charge is -2.14. The Morgan fingerprint density at radius 2 is 1.89 bits per heavy atom. The number of aromatic nitrogens is 7. The topological polar surface area (TPSA) is 69.2 Å². The molecule has 138 valence electrons. The van der Waals surface area contributed by atoms with Gasteiger partial charge < -0.3 is 0 Å². The lowest BCUT2D eigenvalue weighted by atomic mass is 10.1. The molecule has 0 aliphatic carbocycles. The van der Waals surface area contributed by atoms with Crippen molar-refractivity contribution >= 4 is 12.2 Å². The van der Waals surface area contributed by atoms with Gasteiger partial charge in [0, 0.05) is 18.1 Å². The number of rotatable bonds is 5. The van der Waals surface area contributed by atoms with Gasteiger partial charge in [-0.3, -0.25) is 19.0 Å². The van der Waals surface area contributed by atoms with E-state index in [1.807, 2.05) is 39.3 Å². The Morgan fingerprint density at radius 1 is 1.11 bits per heavy atom. The maximum absolute atomic E-state index is 5.47. The number of nitrogens with zero attached hydrogens (tertiary/aromatic N) is 6. The molecule has 0 radical (unpaired) electrons. The lowest BCUT2D eigenvalue weighted by molar-refractivity contribution is 0.515. The molecule has 1 aromatic carbocycles. The molecule has 0 bridgehead atoms. The summed E-state index contributed by atoms with van der Waals surface area (Å²) < 4.78 is 6.29. The van der Waals surface area contributed by atoms with Crippen molar-refractivity contribution in [3.8, 4) is 5.69 Å². The summed E-state index contributed by atoms with van der Waals surface area (Å²) in [4.78, 5) is 0. The van der Waals surface area contributed by atoms with Crippen molar-refractivity contribution in [2.45, 2.75) is 33.4 Å². The molecule has 0 spiro atoms. The molecule has 3 heterocycles. The Labute approximate surface area is 162 Å². The zero-order valence-corrected chi connectivity index (χ0v) is 16.3. The third kappa shape index (κ3) is 3.35. The van der Waals surface area contributed by atoms with E-state index in [9.17, 15) is 0 Å². The van der Waals surface area contributed by atoms with Crippen LogP contribution in [0.4, 0.5) is 0 Å². The third-order valence-corrected chi connectivity index (χ3v) is 4.92. The van der Waals surface area contributed by atoms with Gasteiger partial charge >= 0.3 is 0 Å². The summed E-state index contributed by atoms with van der Waals surface area (Å²) in [5, 5.41) is 16.2. The quantitative estimate of drug-likeness (QED) is 0.538. The van der Waals surface area contributed by atoms with E-state index in [-0.39, 0.29) is 6.04 Å². The minimum Gasteiger partial charge on any atom is -0.267 e. The van der Waals surface area contributed by atoms with E-state index < -0.39 is 0 Å². The maximum Gasteiger partial charge on any atom is 0.200 e. The molecule has 4 aromatic rings. The summed E-state index contributed by atoms with van der Waals surface area (Å²) in [5.74, 6) is 0.793. The molecule has 3 aromatic heterocycles. The second-order valence-electron chi connectivity index (χ2n) is 6.70. The normalized spacial score (nSPS) is 12.4. The average molecular weight is 379 g/mol. The third-order valence-electron chi connectivity index (χ3n) is 4.65. The summed E-state index contributed by atoms with van der Waals surface area (Å²) in [7, 11) is 0. The van der Waals surface area contributed by atoms with Crippen LogP contribution in [0.15, 0.2) is 48.9 Å². The van der Waals surface area contributed by atoms with E-state index >= 15 is 0 Å². The highest BCUT2D eigenvalue weighted by atomic mass is 32.1. The molecule has 0 amide bonds. The van der Waals surface area contributed by atoms with Crippen molar-refractivity contribution in [2.24, 2.45) is 0 Å². The van der Waals surface area contributed by atoms with Gasteiger partial charge in [-0.1, -0.05) is 29.8 Å². The van der Waals surface area contributed by atoms with E-state index in [1.165, 1.54) is 11.1 Å². The zero-order chi connectivity index (χ0) is 19.0. The van der Waals surface area contributed by atoms with Gasteiger partial charge in [-0.2, -0.15) is 15.3 Å². The van der Waals surface area contributed by atoms with Crippen LogP contribution in [0.25, 0.3) is 5.69 Å². The van der Waals surface area contributed by atoms with Crippen molar-refractivity contribution < 1.29 is 0 Å². The molecule has 0 unspecified atom stereocenters. The van der Waals surface area contributed by atoms with Gasteiger partial charge in [-0.25, -0.2) is 0 Å². The van der Waals surface area contributed by atoms with E-state index in [4.69, 9.17) is 12.2 Å². The molecule has 8 heteroatoms. The summed E-state index contributed by atoms with van der Waals surface area (Å²) in [6.07, 6.45) is 5.58. The first kappa shape index (κ1) is 17.4. The van der Waals surface area contributed by atoms with Crippen LogP contribution in [0.1, 0.15) is 35.6 Å². The van der Waals surface area contributed by atoms with Gasteiger partial charge in [0.05, 0.1) is 18.4 Å². The van der Waals surface area contributed by atoms with Gasteiger partial charge in [0.15, 0.2) is 10.6 Å². The highest BCUT2D eigenvalue weighted by Gasteiger charge is 2.19. The highest BCUT2D eigenvalue weighted by Crippen LogP contribution is 2.21. The zero-order valence-electron chi connectivity index (χ0n) is 15.5. The predicted octanol–water partition coefficient (Wildman–Crippen LogP) is 3.60. The first-order valence-electron chi connectivity index (χ1n) is 8.79. The van der Waals surface area contributed by atoms with Crippen LogP contribution < -0.4 is 0 Å². The van der Waals surface area contributed by atoms with Crippen molar-refractivity contribution in [1.82, 2.24) is 34.3 Å². The smallest absolute Gasteiger partial charge is 0.200 e. The van der Waals surface area contributed by atoms with Crippen LogP contribution >= 0.6 is 12.2 Å². The molecular weight excluding hydrogens is 358 g/mol. The molecule has 27 heavy (non-hydrogen) atoms. The van der Waals surface area contributed by atoms with Gasteiger partial charge in [-0.05, 0) is 44.6 Å². The van der Waals surface area contributed by atoms with E-state index in [2.05, 4.69) is 58.5 Å². The number of H-pyrrole nitrogens is 1. The monoisotopic (exact) mass is 379 g/mol. The highest BCUT2D eigenvalue weighted by molar-refractivity contribution is 7.71. The van der Waals surface area contributed by atoms with Crippen molar-refractivity contribution in [2.75, 3.05) is 0 Å². The van der Waals surface area contributed by atoms with Gasteiger partial charge in [0.1, 0.15) is 6.04 Å². The Morgan fingerprint density at radius 3 is 2.59 bits per heavy atom. The van der Waals surface area contributed by atoms with E-state index in [0.717, 1.165) is 17.2 Å². The number of benzene rings is 1. The summed E-state index contributed by atoms with van der Waals surface area (Å²) in [5.41, 5.74) is 4.40. The Kier molecular flexibility index (Phi) is 4.49. The lowest BCUT2D eigenvalue weighted by Crippen LogP contribution is -2.15. The van der Waals surface area contributed by atoms with E-state index in [0.29, 0.717) is 11.3 Å². The first-order chi connectivity index (χ1) is 13.0. The summed E-state index contributed by atoms with van der Waals surface area (Å²) in [6, 6.07) is 10.4. The molecular formula is C19H21N7S. The molecule has 4 rings (SSSR count). The average Bonchev–Trinajstić information content (AvgIpc) is 3.36. The Bertz CT molecular complexity index is 1110. The van der Waals surface area contributed by atoms with Gasteiger partial charge in [-0.15, -0.1) is 0 Å². The molecule has 1 atom stereocenters. The fourth-order valence-electron chi connectivity index (χ4n) is 3.17. The summed E-state index contributed by atoms with van der Waals surface area (Å²) in [6.45, 7) is 6.86. The SMILES string of the molecule is Cc1ccc(Cn2cc(-n3c([C@@H](C)n4nccc4C)n[nH]c3=S)cn2)cc1. The van der Waals surface area contributed by atoms with Crippen molar-refractivity contribution in [1.29, 1.82) is 0 Å². The van der Waals surface area contributed by atoms with Crippen LogP contribution in [0.3, 0.4) is 0 Å². The first-order valence-corrected chi connectivity index (χ1v) is 9.19. The maximum atomic E-state index is 5.47. The minimum atomic E-state index is -0.0617. The fourth-order valence-corrected chi connectivity index (χ4v) is 3.41. The number of hydrogen-bond acceptors (Lipinski definition) is 4. The van der Waals surface area contributed by atoms with Crippen LogP contribution in [0.2, 0.25) is 0 Å². The number of hydrogen-bond donors (Lipinski definition) is 1. The van der Waals surface area contributed by atoms with Crippen molar-refractivity contribution in [3.05, 3.63) is 76.3 Å². The van der Waals surface area contributed by atoms with E-state index in [1.54, 1.807) is 6.20 Å². The molecule has 0 saturated heterocycles. The predicted molar refractivity (Wildman–Crippen MR) is 106 cm³/mol. The van der Waals surface area contributed by atoms with Crippen molar-refractivity contribution in [3.63, 3.8) is 0 Å². The number of nitrogens with one attached hydrogen (secondary N) is 1. The van der Waals surface area contributed by atoms with Gasteiger partial charge in [0.2, 0.25) is 0 Å². The Balaban J connectivity index is 1.66. The second-order valence-corrected chi connectivity index (χ2v) is 7.08. The van der Waals surface area contributed by atoms with Gasteiger partial charge in [0.25, 0.3) is 0 Å². The fraction of sp³-hybridized carbons (Fsp3) is 0.263. The van der Waals surface area contributed by atoms with Crippen LogP contribution in [0, 0.1) is 18.6 Å². The number of aromatic amines is 1. The standard InChI is InChI=1S/C19H21N7S/c1-13-4-6-16(7-5-13)11-24-12-17(10-21-24)25-18(22-23-19(25)27)15(3)26-14(2)8-9-20-26/h4-10,12,15H,11H2,1-3H3,(H,23,27)/t15-/m1/s1. The minimum absolute atomic E-state index is 0.0617. The summed E-state index contributed by atoms with van der Waals surface area (Å²) >= 11 is 5.47.